The minimum Gasteiger partial charge on any atom is -0.337 e. The highest BCUT2D eigenvalue weighted by Gasteiger charge is 2.22. The Bertz CT molecular complexity index is 1270. The van der Waals surface area contributed by atoms with Crippen LogP contribution in [-0.4, -0.2) is 23.1 Å². The van der Waals surface area contributed by atoms with Gasteiger partial charge in [0.25, 0.3) is 10.0 Å². The van der Waals surface area contributed by atoms with Gasteiger partial charge in [0.05, 0.1) is 10.6 Å². The Morgan fingerprint density at radius 1 is 1.00 bits per heavy atom. The summed E-state index contributed by atoms with van der Waals surface area (Å²) in [5.41, 5.74) is 3.63. The quantitative estimate of drug-likeness (QED) is 0.535. The Labute approximate surface area is 169 Å². The van der Waals surface area contributed by atoms with Crippen molar-refractivity contribution in [2.45, 2.75) is 18.7 Å². The molecule has 0 aliphatic heterocycles. The lowest BCUT2D eigenvalue weighted by molar-refractivity contribution is 0.430. The molecule has 0 amide bonds. The maximum atomic E-state index is 13.0. The van der Waals surface area contributed by atoms with E-state index in [0.717, 1.165) is 17.0 Å². The van der Waals surface area contributed by atoms with Gasteiger partial charge in [0.1, 0.15) is 5.82 Å². The first kappa shape index (κ1) is 18.9. The molecule has 7 nitrogen and oxygen atoms in total. The molecule has 8 heteroatoms. The number of nitrogens with one attached hydrogen (secondary N) is 1. The fourth-order valence-electron chi connectivity index (χ4n) is 3.07. The fourth-order valence-corrected chi connectivity index (χ4v) is 4.35. The van der Waals surface area contributed by atoms with Crippen LogP contribution in [0.3, 0.4) is 0 Å². The Kier molecular flexibility index (Phi) is 4.71. The lowest BCUT2D eigenvalue weighted by Gasteiger charge is -2.12. The molecule has 1 N–H and O–H groups in total. The van der Waals surface area contributed by atoms with Gasteiger partial charge in [0.15, 0.2) is 0 Å². The molecule has 2 heterocycles. The number of sulfonamides is 1. The third kappa shape index (κ3) is 3.54. The number of anilines is 1. The zero-order chi connectivity index (χ0) is 20.6. The van der Waals surface area contributed by atoms with Crippen LogP contribution in [0.25, 0.3) is 22.5 Å². The van der Waals surface area contributed by atoms with Crippen molar-refractivity contribution in [2.75, 3.05) is 4.72 Å². The number of benzene rings is 2. The molecule has 0 aliphatic carbocycles. The summed E-state index contributed by atoms with van der Waals surface area (Å²) in [6.45, 7) is 3.51. The summed E-state index contributed by atoms with van der Waals surface area (Å²) in [6, 6.07) is 14.5. The molecule has 4 aromatic rings. The topological polar surface area (TPSA) is 90.0 Å². The van der Waals surface area contributed by atoms with Crippen LogP contribution in [0.4, 0.5) is 5.88 Å². The molecule has 2 aromatic heterocycles. The second kappa shape index (κ2) is 7.21. The summed E-state index contributed by atoms with van der Waals surface area (Å²) >= 11 is 0. The first-order chi connectivity index (χ1) is 13.9. The number of aryl methyl sites for hydroxylation is 2. The highest BCUT2D eigenvalue weighted by atomic mass is 32.2. The number of hydrogen-bond acceptors (Lipinski definition) is 5. The summed E-state index contributed by atoms with van der Waals surface area (Å²) in [5.74, 6) is 0.970. The van der Waals surface area contributed by atoms with Gasteiger partial charge in [-0.15, -0.1) is 0 Å². The smallest absolute Gasteiger partial charge is 0.264 e. The van der Waals surface area contributed by atoms with E-state index in [2.05, 4.69) is 14.9 Å². The van der Waals surface area contributed by atoms with Crippen molar-refractivity contribution in [3.8, 4) is 22.5 Å². The van der Waals surface area contributed by atoms with E-state index in [-0.39, 0.29) is 10.8 Å². The standard InChI is InChI=1S/C21H20N4O3S/c1-14-15(2)23-28-21(14)24-29(26,27)19-7-5-4-6-18(19)16-8-10-17(11-9-16)20-22-12-13-25(20)3/h4-13,24H,1-3H3. The van der Waals surface area contributed by atoms with Crippen LogP contribution < -0.4 is 4.72 Å². The molecule has 0 spiro atoms. The van der Waals surface area contributed by atoms with E-state index < -0.39 is 10.0 Å². The Morgan fingerprint density at radius 2 is 1.69 bits per heavy atom. The van der Waals surface area contributed by atoms with Gasteiger partial charge in [-0.25, -0.2) is 18.1 Å². The highest BCUT2D eigenvalue weighted by Crippen LogP contribution is 2.31. The van der Waals surface area contributed by atoms with Crippen molar-refractivity contribution in [3.63, 3.8) is 0 Å². The molecule has 0 fully saturated rings. The van der Waals surface area contributed by atoms with Crippen molar-refractivity contribution in [1.82, 2.24) is 14.7 Å². The van der Waals surface area contributed by atoms with E-state index in [0.29, 0.717) is 16.8 Å². The second-order valence-electron chi connectivity index (χ2n) is 6.76. The van der Waals surface area contributed by atoms with Crippen LogP contribution in [0.15, 0.2) is 70.3 Å². The maximum absolute atomic E-state index is 13.0. The first-order valence-corrected chi connectivity index (χ1v) is 10.5. The molecule has 29 heavy (non-hydrogen) atoms. The third-order valence-electron chi connectivity index (χ3n) is 4.84. The lowest BCUT2D eigenvalue weighted by atomic mass is 10.0. The summed E-state index contributed by atoms with van der Waals surface area (Å²) in [5, 5.41) is 3.81. The summed E-state index contributed by atoms with van der Waals surface area (Å²) in [7, 11) is -1.93. The molecule has 148 valence electrons. The van der Waals surface area contributed by atoms with Gasteiger partial charge in [0.2, 0.25) is 5.88 Å². The van der Waals surface area contributed by atoms with Crippen molar-refractivity contribution >= 4 is 15.9 Å². The average Bonchev–Trinajstić information content (AvgIpc) is 3.28. The van der Waals surface area contributed by atoms with E-state index in [9.17, 15) is 8.42 Å². The minimum absolute atomic E-state index is 0.127. The van der Waals surface area contributed by atoms with Crippen LogP contribution in [-0.2, 0) is 17.1 Å². The van der Waals surface area contributed by atoms with Gasteiger partial charge in [-0.3, -0.25) is 0 Å². The minimum atomic E-state index is -3.86. The SMILES string of the molecule is Cc1noc(NS(=O)(=O)c2ccccc2-c2ccc(-c3nccn3C)cc2)c1C. The molecule has 0 atom stereocenters. The first-order valence-electron chi connectivity index (χ1n) is 8.99. The highest BCUT2D eigenvalue weighted by molar-refractivity contribution is 7.92. The number of imidazole rings is 1. The summed E-state index contributed by atoms with van der Waals surface area (Å²) in [4.78, 5) is 4.51. The number of hydrogen-bond donors (Lipinski definition) is 1. The van der Waals surface area contributed by atoms with Gasteiger partial charge < -0.3 is 9.09 Å². The summed E-state index contributed by atoms with van der Waals surface area (Å²) < 4.78 is 35.6. The molecule has 0 unspecified atom stereocenters. The fraction of sp³-hybridized carbons (Fsp3) is 0.143. The van der Waals surface area contributed by atoms with Gasteiger partial charge >= 0.3 is 0 Å². The molecule has 0 radical (unpaired) electrons. The number of aromatic nitrogens is 3. The number of nitrogens with zero attached hydrogens (tertiary/aromatic N) is 3. The van der Waals surface area contributed by atoms with Crippen molar-refractivity contribution in [2.24, 2.45) is 7.05 Å². The predicted molar refractivity (Wildman–Crippen MR) is 111 cm³/mol. The van der Waals surface area contributed by atoms with E-state index in [1.807, 2.05) is 48.1 Å². The van der Waals surface area contributed by atoms with Crippen molar-refractivity contribution in [3.05, 3.63) is 72.2 Å². The van der Waals surface area contributed by atoms with E-state index in [1.54, 1.807) is 38.2 Å². The molecular formula is C21H20N4O3S. The van der Waals surface area contributed by atoms with Gasteiger partial charge in [-0.1, -0.05) is 47.6 Å². The molecule has 0 aliphatic rings. The zero-order valence-electron chi connectivity index (χ0n) is 16.2. The molecule has 4 rings (SSSR count). The monoisotopic (exact) mass is 408 g/mol. The van der Waals surface area contributed by atoms with Gasteiger partial charge in [0, 0.05) is 36.1 Å². The largest absolute Gasteiger partial charge is 0.337 e. The van der Waals surface area contributed by atoms with Crippen LogP contribution in [0, 0.1) is 13.8 Å². The lowest BCUT2D eigenvalue weighted by Crippen LogP contribution is -2.14. The van der Waals surface area contributed by atoms with Crippen LogP contribution >= 0.6 is 0 Å². The Hall–Kier alpha value is -3.39. The van der Waals surface area contributed by atoms with Crippen LogP contribution in [0.1, 0.15) is 11.3 Å². The number of rotatable bonds is 5. The molecule has 0 saturated heterocycles. The van der Waals surface area contributed by atoms with Crippen molar-refractivity contribution < 1.29 is 12.9 Å². The average molecular weight is 408 g/mol. The van der Waals surface area contributed by atoms with Crippen LogP contribution in [0.2, 0.25) is 0 Å². The van der Waals surface area contributed by atoms with Crippen LogP contribution in [0.5, 0.6) is 0 Å². The second-order valence-corrected chi connectivity index (χ2v) is 8.41. The van der Waals surface area contributed by atoms with Gasteiger partial charge in [-0.05, 0) is 25.5 Å². The normalized spacial score (nSPS) is 11.6. The van der Waals surface area contributed by atoms with Crippen molar-refractivity contribution in [1.29, 1.82) is 0 Å². The summed E-state index contributed by atoms with van der Waals surface area (Å²) in [6.07, 6.45) is 3.62. The molecular weight excluding hydrogens is 388 g/mol. The van der Waals surface area contributed by atoms with E-state index in [1.165, 1.54) is 0 Å². The predicted octanol–water partition coefficient (Wildman–Crippen LogP) is 4.16. The molecule has 0 bridgehead atoms. The Balaban J connectivity index is 1.71. The molecule has 0 saturated carbocycles. The molecule has 2 aromatic carbocycles. The van der Waals surface area contributed by atoms with E-state index in [4.69, 9.17) is 4.52 Å². The Morgan fingerprint density at radius 3 is 2.31 bits per heavy atom. The van der Waals surface area contributed by atoms with E-state index >= 15 is 0 Å². The zero-order valence-corrected chi connectivity index (χ0v) is 17.1. The third-order valence-corrected chi connectivity index (χ3v) is 6.23. The van der Waals surface area contributed by atoms with Gasteiger partial charge in [-0.2, -0.15) is 0 Å². The maximum Gasteiger partial charge on any atom is 0.264 e.